The van der Waals surface area contributed by atoms with Gasteiger partial charge in [0, 0.05) is 11.0 Å². The second kappa shape index (κ2) is 8.13. The quantitative estimate of drug-likeness (QED) is 0.833. The molecule has 1 saturated heterocycles. The number of likely N-dealkylation sites (N-methyl/N-ethyl adjacent to an activating group) is 1. The lowest BCUT2D eigenvalue weighted by Gasteiger charge is -2.27. The minimum Gasteiger partial charge on any atom is -0.324 e. The van der Waals surface area contributed by atoms with Gasteiger partial charge in [-0.25, -0.2) is 0 Å². The summed E-state index contributed by atoms with van der Waals surface area (Å²) in [5, 5.41) is 6.79. The van der Waals surface area contributed by atoms with E-state index in [1.165, 1.54) is 12.8 Å². The van der Waals surface area contributed by atoms with Crippen molar-refractivity contribution in [1.82, 2.24) is 10.2 Å². The fraction of sp³-hybridized carbons (Fsp3) is 0.533. The molecule has 1 amide bonds. The molecule has 0 spiro atoms. The maximum Gasteiger partial charge on any atom is 0.238 e. The van der Waals surface area contributed by atoms with Crippen LogP contribution in [0, 0.1) is 5.92 Å². The summed E-state index contributed by atoms with van der Waals surface area (Å²) in [6, 6.07) is 5.43. The predicted molar refractivity (Wildman–Crippen MR) is 90.9 cm³/mol. The molecule has 1 unspecified atom stereocenters. The number of carbonyl (C=O) groups excluding carboxylic acids is 1. The van der Waals surface area contributed by atoms with E-state index in [1.54, 1.807) is 12.1 Å². The molecule has 2 N–H and O–H groups in total. The Hall–Kier alpha value is -0.620. The highest BCUT2D eigenvalue weighted by Crippen LogP contribution is 2.25. The second-order valence-corrected chi connectivity index (χ2v) is 6.90. The number of hydrogen-bond donors (Lipinski definition) is 2. The number of anilines is 1. The summed E-state index contributed by atoms with van der Waals surface area (Å²) in [7, 11) is 1.98. The molecule has 0 aliphatic carbocycles. The molecule has 0 radical (unpaired) electrons. The van der Waals surface area contributed by atoms with Gasteiger partial charge in [0.15, 0.2) is 0 Å². The summed E-state index contributed by atoms with van der Waals surface area (Å²) < 4.78 is 0.896. The average Bonchev–Trinajstić information content (AvgIpc) is 2.43. The van der Waals surface area contributed by atoms with Gasteiger partial charge < -0.3 is 10.6 Å². The number of benzene rings is 1. The van der Waals surface area contributed by atoms with E-state index in [2.05, 4.69) is 31.5 Å². The molecule has 2 rings (SSSR count). The highest BCUT2D eigenvalue weighted by molar-refractivity contribution is 9.10. The maximum absolute atomic E-state index is 12.1. The van der Waals surface area contributed by atoms with E-state index in [-0.39, 0.29) is 5.91 Å². The van der Waals surface area contributed by atoms with E-state index in [9.17, 15) is 4.79 Å². The molecule has 1 aliphatic rings. The van der Waals surface area contributed by atoms with Crippen molar-refractivity contribution in [3.63, 3.8) is 0 Å². The summed E-state index contributed by atoms with van der Waals surface area (Å²) >= 11 is 9.45. The monoisotopic (exact) mass is 373 g/mol. The molecule has 21 heavy (non-hydrogen) atoms. The van der Waals surface area contributed by atoms with Crippen molar-refractivity contribution in [3.8, 4) is 0 Å². The smallest absolute Gasteiger partial charge is 0.238 e. The van der Waals surface area contributed by atoms with E-state index in [1.807, 2.05) is 13.1 Å². The number of nitrogens with one attached hydrogen (secondary N) is 2. The summed E-state index contributed by atoms with van der Waals surface area (Å²) in [4.78, 5) is 14.1. The van der Waals surface area contributed by atoms with Crippen LogP contribution in [0.15, 0.2) is 22.7 Å². The third kappa shape index (κ3) is 5.58. The molecule has 1 fully saturated rings. The Labute approximate surface area is 139 Å². The van der Waals surface area contributed by atoms with Crippen molar-refractivity contribution in [2.24, 2.45) is 5.92 Å². The van der Waals surface area contributed by atoms with Crippen molar-refractivity contribution in [2.75, 3.05) is 38.5 Å². The number of nitrogens with zero attached hydrogens (tertiary/aromatic N) is 1. The summed E-state index contributed by atoms with van der Waals surface area (Å²) in [5.74, 6) is 0.596. The lowest BCUT2D eigenvalue weighted by atomic mass is 9.99. The highest BCUT2D eigenvalue weighted by Gasteiger charge is 2.16. The molecule has 6 heteroatoms. The van der Waals surface area contributed by atoms with Crippen molar-refractivity contribution in [2.45, 2.75) is 12.8 Å². The standard InChI is InChI=1S/C15H21BrClN3O/c1-20(9-11-3-2-6-18-8-11)10-15(21)19-14-5-4-12(16)7-13(14)17/h4-5,7,11,18H,2-3,6,8-10H2,1H3,(H,19,21). The van der Waals surface area contributed by atoms with Crippen LogP contribution in [0.3, 0.4) is 0 Å². The molecule has 0 saturated carbocycles. The van der Waals surface area contributed by atoms with Gasteiger partial charge in [-0.1, -0.05) is 27.5 Å². The Bertz CT molecular complexity index is 492. The van der Waals surface area contributed by atoms with Gasteiger partial charge in [0.2, 0.25) is 5.91 Å². The van der Waals surface area contributed by atoms with Gasteiger partial charge in [0.25, 0.3) is 0 Å². The average molecular weight is 375 g/mol. The summed E-state index contributed by atoms with van der Waals surface area (Å²) in [5.41, 5.74) is 0.651. The van der Waals surface area contributed by atoms with Crippen LogP contribution in [0.2, 0.25) is 5.02 Å². The first-order chi connectivity index (χ1) is 10.0. The van der Waals surface area contributed by atoms with Crippen LogP contribution in [0.4, 0.5) is 5.69 Å². The molecular weight excluding hydrogens is 354 g/mol. The summed E-state index contributed by atoms with van der Waals surface area (Å²) in [6.45, 7) is 3.48. The van der Waals surface area contributed by atoms with Crippen LogP contribution < -0.4 is 10.6 Å². The van der Waals surface area contributed by atoms with Gasteiger partial charge in [-0.05, 0) is 57.1 Å². The maximum atomic E-state index is 12.1. The Kier molecular flexibility index (Phi) is 6.48. The van der Waals surface area contributed by atoms with Crippen LogP contribution in [0.1, 0.15) is 12.8 Å². The zero-order valence-electron chi connectivity index (χ0n) is 12.2. The number of amides is 1. The van der Waals surface area contributed by atoms with Gasteiger partial charge in [0.05, 0.1) is 17.3 Å². The Morgan fingerprint density at radius 1 is 1.57 bits per heavy atom. The normalized spacial score (nSPS) is 18.8. The SMILES string of the molecule is CN(CC(=O)Nc1ccc(Br)cc1Cl)CC1CCCNC1. The minimum atomic E-state index is -0.0366. The van der Waals surface area contributed by atoms with Crippen molar-refractivity contribution >= 4 is 39.1 Å². The van der Waals surface area contributed by atoms with Gasteiger partial charge in [0.1, 0.15) is 0 Å². The molecule has 0 aromatic heterocycles. The van der Waals surface area contributed by atoms with Gasteiger partial charge >= 0.3 is 0 Å². The van der Waals surface area contributed by atoms with Crippen LogP contribution in [0.5, 0.6) is 0 Å². The predicted octanol–water partition coefficient (Wildman–Crippen LogP) is 2.97. The molecule has 1 aromatic rings. The van der Waals surface area contributed by atoms with Gasteiger partial charge in [-0.2, -0.15) is 0 Å². The molecule has 1 aromatic carbocycles. The van der Waals surface area contributed by atoms with Crippen LogP contribution in [0.25, 0.3) is 0 Å². The molecule has 4 nitrogen and oxygen atoms in total. The minimum absolute atomic E-state index is 0.0366. The largest absolute Gasteiger partial charge is 0.324 e. The zero-order chi connectivity index (χ0) is 15.2. The molecular formula is C15H21BrClN3O. The number of rotatable bonds is 5. The van der Waals surface area contributed by atoms with E-state index in [0.717, 1.165) is 24.1 Å². The van der Waals surface area contributed by atoms with Crippen molar-refractivity contribution in [1.29, 1.82) is 0 Å². The molecule has 116 valence electrons. The van der Waals surface area contributed by atoms with E-state index in [0.29, 0.717) is 23.2 Å². The molecule has 1 heterocycles. The first kappa shape index (κ1) is 16.7. The molecule has 1 atom stereocenters. The van der Waals surface area contributed by atoms with E-state index < -0.39 is 0 Å². The number of carbonyl (C=O) groups is 1. The topological polar surface area (TPSA) is 44.4 Å². The zero-order valence-corrected chi connectivity index (χ0v) is 14.5. The second-order valence-electron chi connectivity index (χ2n) is 5.58. The Morgan fingerprint density at radius 2 is 2.38 bits per heavy atom. The lowest BCUT2D eigenvalue weighted by Crippen LogP contribution is -2.39. The number of hydrogen-bond acceptors (Lipinski definition) is 3. The van der Waals surface area contributed by atoms with Gasteiger partial charge in [-0.15, -0.1) is 0 Å². The molecule has 0 bridgehead atoms. The van der Waals surface area contributed by atoms with Crippen molar-refractivity contribution < 1.29 is 4.79 Å². The third-order valence-corrected chi connectivity index (χ3v) is 4.39. The fourth-order valence-corrected chi connectivity index (χ4v) is 3.33. The Balaban J connectivity index is 1.80. The number of halogens is 2. The van der Waals surface area contributed by atoms with E-state index >= 15 is 0 Å². The van der Waals surface area contributed by atoms with Crippen LogP contribution >= 0.6 is 27.5 Å². The van der Waals surface area contributed by atoms with Gasteiger partial charge in [-0.3, -0.25) is 9.69 Å². The lowest BCUT2D eigenvalue weighted by molar-refractivity contribution is -0.117. The Morgan fingerprint density at radius 3 is 3.05 bits per heavy atom. The third-order valence-electron chi connectivity index (χ3n) is 3.59. The molecule has 1 aliphatic heterocycles. The van der Waals surface area contributed by atoms with Crippen LogP contribution in [-0.2, 0) is 4.79 Å². The number of piperidine rings is 1. The first-order valence-electron chi connectivity index (χ1n) is 7.19. The highest BCUT2D eigenvalue weighted by atomic mass is 79.9. The van der Waals surface area contributed by atoms with Crippen LogP contribution in [-0.4, -0.2) is 44.0 Å². The summed E-state index contributed by atoms with van der Waals surface area (Å²) in [6.07, 6.45) is 2.46. The fourth-order valence-electron chi connectivity index (χ4n) is 2.61. The van der Waals surface area contributed by atoms with Crippen molar-refractivity contribution in [3.05, 3.63) is 27.7 Å². The first-order valence-corrected chi connectivity index (χ1v) is 8.36. The van der Waals surface area contributed by atoms with E-state index in [4.69, 9.17) is 11.6 Å².